The van der Waals surface area contributed by atoms with Gasteiger partial charge in [-0.2, -0.15) is 0 Å². The predicted molar refractivity (Wildman–Crippen MR) is 48.6 cm³/mol. The van der Waals surface area contributed by atoms with Crippen molar-refractivity contribution < 1.29 is 19.4 Å². The van der Waals surface area contributed by atoms with Gasteiger partial charge < -0.3 is 15.6 Å². The SMILES string of the molecule is CCCCNC(=O)c1c(CO)no[n+]1[O-]. The van der Waals surface area contributed by atoms with Gasteiger partial charge in [0.1, 0.15) is 6.61 Å². The zero-order chi connectivity index (χ0) is 11.3. The average molecular weight is 215 g/mol. The molecule has 0 unspecified atom stereocenters. The standard InChI is InChI=1S/C8H13N3O4/c1-2-3-4-9-8(13)7-6(5-12)10-15-11(7)14/h12H,2-5H2,1H3,(H,9,13). The van der Waals surface area contributed by atoms with Gasteiger partial charge >= 0.3 is 0 Å². The second kappa shape index (κ2) is 5.30. The number of amides is 1. The van der Waals surface area contributed by atoms with Gasteiger partial charge in [0, 0.05) is 11.7 Å². The molecule has 0 spiro atoms. The molecular weight excluding hydrogens is 202 g/mol. The molecular formula is C8H13N3O4. The second-order valence-corrected chi connectivity index (χ2v) is 2.99. The van der Waals surface area contributed by atoms with Crippen molar-refractivity contribution in [3.05, 3.63) is 16.6 Å². The Labute approximate surface area is 86.2 Å². The number of rotatable bonds is 5. The number of unbranched alkanes of at least 4 members (excludes halogenated alkanes) is 1. The monoisotopic (exact) mass is 215 g/mol. The molecule has 0 radical (unpaired) electrons. The third kappa shape index (κ3) is 2.66. The lowest BCUT2D eigenvalue weighted by Gasteiger charge is -2.00. The quantitative estimate of drug-likeness (QED) is 0.501. The Hall–Kier alpha value is -1.63. The average Bonchev–Trinajstić information content (AvgIpc) is 2.59. The Morgan fingerprint density at radius 1 is 1.73 bits per heavy atom. The number of carbonyl (C=O) groups excluding carboxylic acids is 1. The third-order valence-electron chi connectivity index (χ3n) is 1.86. The molecule has 7 heteroatoms. The summed E-state index contributed by atoms with van der Waals surface area (Å²) in [6.45, 7) is 1.96. The van der Waals surface area contributed by atoms with Gasteiger partial charge in [-0.1, -0.05) is 13.3 Å². The van der Waals surface area contributed by atoms with Gasteiger partial charge in [-0.3, -0.25) is 9.42 Å². The van der Waals surface area contributed by atoms with E-state index in [0.717, 1.165) is 12.8 Å². The number of hydrogen-bond acceptors (Lipinski definition) is 5. The highest BCUT2D eigenvalue weighted by Crippen LogP contribution is 2.00. The van der Waals surface area contributed by atoms with E-state index >= 15 is 0 Å². The van der Waals surface area contributed by atoms with Crippen molar-refractivity contribution in [3.63, 3.8) is 0 Å². The summed E-state index contributed by atoms with van der Waals surface area (Å²) in [7, 11) is 0. The molecule has 0 atom stereocenters. The van der Waals surface area contributed by atoms with Crippen molar-refractivity contribution in [1.82, 2.24) is 10.5 Å². The largest absolute Gasteiger partial charge is 0.387 e. The van der Waals surface area contributed by atoms with Gasteiger partial charge in [-0.25, -0.2) is 0 Å². The number of nitrogens with one attached hydrogen (secondary N) is 1. The molecule has 0 fully saturated rings. The van der Waals surface area contributed by atoms with E-state index in [1.54, 1.807) is 0 Å². The lowest BCUT2D eigenvalue weighted by molar-refractivity contribution is -0.803. The molecule has 1 aromatic heterocycles. The summed E-state index contributed by atoms with van der Waals surface area (Å²) in [5, 5.41) is 25.6. The first kappa shape index (κ1) is 11.4. The number of carbonyl (C=O) groups is 1. The predicted octanol–water partition coefficient (Wildman–Crippen LogP) is -0.670. The normalized spacial score (nSPS) is 10.3. The molecule has 1 rings (SSSR count). The van der Waals surface area contributed by atoms with E-state index in [0.29, 0.717) is 6.54 Å². The van der Waals surface area contributed by atoms with E-state index in [4.69, 9.17) is 5.11 Å². The van der Waals surface area contributed by atoms with Gasteiger partial charge in [0.2, 0.25) is 0 Å². The highest BCUT2D eigenvalue weighted by molar-refractivity contribution is 5.91. The van der Waals surface area contributed by atoms with E-state index in [2.05, 4.69) is 15.1 Å². The van der Waals surface area contributed by atoms with E-state index in [9.17, 15) is 10.0 Å². The van der Waals surface area contributed by atoms with E-state index in [-0.39, 0.29) is 16.3 Å². The molecule has 0 aliphatic heterocycles. The highest BCUT2D eigenvalue weighted by atomic mass is 16.8. The molecule has 7 nitrogen and oxygen atoms in total. The molecule has 0 saturated carbocycles. The molecule has 2 N–H and O–H groups in total. The van der Waals surface area contributed by atoms with Crippen LogP contribution in [0.15, 0.2) is 4.63 Å². The molecule has 0 aromatic carbocycles. The van der Waals surface area contributed by atoms with E-state index in [1.165, 1.54) is 0 Å². The van der Waals surface area contributed by atoms with Crippen molar-refractivity contribution in [1.29, 1.82) is 0 Å². The minimum Gasteiger partial charge on any atom is -0.387 e. The van der Waals surface area contributed by atoms with E-state index in [1.807, 2.05) is 6.92 Å². The smallest absolute Gasteiger partial charge is 0.299 e. The number of aliphatic hydroxyl groups excluding tert-OH is 1. The minimum atomic E-state index is -0.580. The van der Waals surface area contributed by atoms with E-state index < -0.39 is 12.5 Å². The van der Waals surface area contributed by atoms with Crippen LogP contribution in [-0.4, -0.2) is 22.7 Å². The summed E-state index contributed by atoms with van der Waals surface area (Å²) in [4.78, 5) is 11.4. The summed E-state index contributed by atoms with van der Waals surface area (Å²) < 4.78 is 4.20. The maximum Gasteiger partial charge on any atom is 0.299 e. The lowest BCUT2D eigenvalue weighted by atomic mass is 10.3. The van der Waals surface area contributed by atoms with Crippen LogP contribution in [0.4, 0.5) is 0 Å². The molecule has 0 aliphatic carbocycles. The van der Waals surface area contributed by atoms with Crippen molar-refractivity contribution >= 4 is 5.91 Å². The molecule has 0 saturated heterocycles. The van der Waals surface area contributed by atoms with Gasteiger partial charge in [0.15, 0.2) is 0 Å². The fourth-order valence-electron chi connectivity index (χ4n) is 1.06. The molecule has 84 valence electrons. The van der Waals surface area contributed by atoms with Gasteiger partial charge in [0.05, 0.1) is 0 Å². The van der Waals surface area contributed by atoms with Gasteiger partial charge in [-0.05, 0) is 11.3 Å². The van der Waals surface area contributed by atoms with Crippen LogP contribution in [0.3, 0.4) is 0 Å². The van der Waals surface area contributed by atoms with Crippen LogP contribution in [0.2, 0.25) is 0 Å². The van der Waals surface area contributed by atoms with Crippen LogP contribution in [-0.2, 0) is 6.61 Å². The second-order valence-electron chi connectivity index (χ2n) is 2.99. The van der Waals surface area contributed by atoms with Crippen molar-refractivity contribution in [2.75, 3.05) is 6.54 Å². The van der Waals surface area contributed by atoms with Crippen molar-refractivity contribution in [2.45, 2.75) is 26.4 Å². The maximum absolute atomic E-state index is 11.4. The summed E-state index contributed by atoms with van der Waals surface area (Å²) in [5.41, 5.74) is -0.340. The first-order valence-corrected chi connectivity index (χ1v) is 4.68. The van der Waals surface area contributed by atoms with Crippen LogP contribution in [0.5, 0.6) is 0 Å². The molecule has 1 heterocycles. The lowest BCUT2D eigenvalue weighted by Crippen LogP contribution is -2.38. The molecule has 1 amide bonds. The maximum atomic E-state index is 11.4. The third-order valence-corrected chi connectivity index (χ3v) is 1.86. The molecule has 15 heavy (non-hydrogen) atoms. The summed E-state index contributed by atoms with van der Waals surface area (Å²) in [5.74, 6) is -0.580. The van der Waals surface area contributed by atoms with Crippen LogP contribution in [0, 0.1) is 5.21 Å². The topological polar surface area (TPSA) is 102 Å². The molecule has 1 aromatic rings. The number of aromatic nitrogens is 2. The molecule has 0 aliphatic rings. The number of nitrogens with zero attached hydrogens (tertiary/aromatic N) is 2. The van der Waals surface area contributed by atoms with Crippen molar-refractivity contribution in [3.8, 4) is 0 Å². The Bertz CT molecular complexity index is 337. The Balaban J connectivity index is 2.67. The Morgan fingerprint density at radius 2 is 2.47 bits per heavy atom. The first-order valence-electron chi connectivity index (χ1n) is 4.68. The van der Waals surface area contributed by atoms with Crippen molar-refractivity contribution in [2.24, 2.45) is 0 Å². The van der Waals surface area contributed by atoms with Gasteiger partial charge in [-0.15, -0.1) is 0 Å². The fourth-order valence-corrected chi connectivity index (χ4v) is 1.06. The number of hydrogen-bond donors (Lipinski definition) is 2. The van der Waals surface area contributed by atoms with Gasteiger partial charge in [0.25, 0.3) is 17.3 Å². The minimum absolute atomic E-state index is 0.00711. The fraction of sp³-hybridized carbons (Fsp3) is 0.625. The zero-order valence-electron chi connectivity index (χ0n) is 8.39. The first-order chi connectivity index (χ1) is 7.20. The van der Waals surface area contributed by atoms with Crippen LogP contribution in [0.25, 0.3) is 0 Å². The summed E-state index contributed by atoms with van der Waals surface area (Å²) in [6, 6.07) is 0. The zero-order valence-corrected chi connectivity index (χ0v) is 8.39. The highest BCUT2D eigenvalue weighted by Gasteiger charge is 2.25. The summed E-state index contributed by atoms with van der Waals surface area (Å²) >= 11 is 0. The summed E-state index contributed by atoms with van der Waals surface area (Å²) in [6.07, 6.45) is 1.76. The number of aliphatic hydroxyl groups is 1. The van der Waals surface area contributed by atoms with Crippen LogP contribution in [0.1, 0.15) is 35.9 Å². The molecule has 0 bridgehead atoms. The van der Waals surface area contributed by atoms with Crippen LogP contribution < -0.4 is 10.2 Å². The Morgan fingerprint density at radius 3 is 3.07 bits per heavy atom. The van der Waals surface area contributed by atoms with Crippen LogP contribution >= 0.6 is 0 Å². The Kier molecular flexibility index (Phi) is 4.04.